The lowest BCUT2D eigenvalue weighted by Crippen LogP contribution is -2.30. The first-order chi connectivity index (χ1) is 26.9. The zero-order valence-electron chi connectivity index (χ0n) is 37.4. The zero-order valence-corrected chi connectivity index (χ0v) is 37.4. The van der Waals surface area contributed by atoms with E-state index in [1.807, 2.05) is 0 Å². The van der Waals surface area contributed by atoms with Crippen molar-refractivity contribution in [1.82, 2.24) is 0 Å². The summed E-state index contributed by atoms with van der Waals surface area (Å²) >= 11 is 0. The van der Waals surface area contributed by atoms with E-state index in [2.05, 4.69) is 27.7 Å². The highest BCUT2D eigenvalue weighted by Crippen LogP contribution is 2.16. The van der Waals surface area contributed by atoms with Gasteiger partial charge in [0.25, 0.3) is 0 Å². The van der Waals surface area contributed by atoms with E-state index in [-0.39, 0.29) is 31.1 Å². The molecule has 0 saturated heterocycles. The fourth-order valence-electron chi connectivity index (χ4n) is 7.33. The Labute approximate surface area is 342 Å². The van der Waals surface area contributed by atoms with Crippen LogP contribution in [0.3, 0.4) is 0 Å². The summed E-state index contributed by atoms with van der Waals surface area (Å²) in [6, 6.07) is 0. The highest BCUT2D eigenvalue weighted by atomic mass is 16.6. The van der Waals surface area contributed by atoms with Gasteiger partial charge in [-0.1, -0.05) is 233 Å². The van der Waals surface area contributed by atoms with Crippen LogP contribution in [0.1, 0.15) is 272 Å². The van der Waals surface area contributed by atoms with Crippen LogP contribution in [0.4, 0.5) is 0 Å². The Bertz CT molecular complexity index is 826. The van der Waals surface area contributed by atoms with Crippen LogP contribution < -0.4 is 0 Å². The van der Waals surface area contributed by atoms with Crippen molar-refractivity contribution in [3.63, 3.8) is 0 Å². The number of carbonyl (C=O) groups excluding carboxylic acids is 3. The molecule has 0 aromatic rings. The van der Waals surface area contributed by atoms with Gasteiger partial charge in [0, 0.05) is 19.3 Å². The van der Waals surface area contributed by atoms with Crippen molar-refractivity contribution in [3.8, 4) is 0 Å². The van der Waals surface area contributed by atoms with Crippen molar-refractivity contribution in [2.75, 3.05) is 13.2 Å². The predicted octanol–water partition coefficient (Wildman–Crippen LogP) is 15.5. The van der Waals surface area contributed by atoms with E-state index >= 15 is 0 Å². The van der Waals surface area contributed by atoms with Gasteiger partial charge in [-0.05, 0) is 25.2 Å². The first-order valence-corrected chi connectivity index (χ1v) is 24.4. The van der Waals surface area contributed by atoms with Crippen LogP contribution >= 0.6 is 0 Å². The Morgan fingerprint density at radius 3 is 0.891 bits per heavy atom. The molecule has 55 heavy (non-hydrogen) atoms. The SMILES string of the molecule is CCCCCCCCCCCCCCCCCCCC(=O)O[C@@H](COC(=O)CCCCCCCCCCCCC)COC(=O)CCCCCCCCC(C)C. The Balaban J connectivity index is 4.26. The molecule has 0 N–H and O–H groups in total. The molecule has 0 amide bonds. The van der Waals surface area contributed by atoms with E-state index in [1.165, 1.54) is 167 Å². The maximum Gasteiger partial charge on any atom is 0.306 e. The average Bonchev–Trinajstić information content (AvgIpc) is 3.17. The number of ether oxygens (including phenoxy) is 3. The maximum absolute atomic E-state index is 12.7. The van der Waals surface area contributed by atoms with Gasteiger partial charge in [-0.15, -0.1) is 0 Å². The van der Waals surface area contributed by atoms with E-state index in [9.17, 15) is 14.4 Å². The molecule has 0 aliphatic carbocycles. The largest absolute Gasteiger partial charge is 0.462 e. The van der Waals surface area contributed by atoms with Gasteiger partial charge in [0.15, 0.2) is 6.10 Å². The van der Waals surface area contributed by atoms with Gasteiger partial charge >= 0.3 is 17.9 Å². The third-order valence-electron chi connectivity index (χ3n) is 11.0. The average molecular weight is 779 g/mol. The number of esters is 3. The molecule has 0 aliphatic rings. The smallest absolute Gasteiger partial charge is 0.306 e. The molecule has 0 unspecified atom stereocenters. The van der Waals surface area contributed by atoms with E-state index < -0.39 is 6.10 Å². The molecule has 326 valence electrons. The van der Waals surface area contributed by atoms with Gasteiger partial charge in [-0.3, -0.25) is 14.4 Å². The Hall–Kier alpha value is -1.59. The van der Waals surface area contributed by atoms with Crippen molar-refractivity contribution < 1.29 is 28.6 Å². The summed E-state index contributed by atoms with van der Waals surface area (Å²) in [6.07, 6.45) is 43.9. The number of hydrogen-bond acceptors (Lipinski definition) is 6. The fourth-order valence-corrected chi connectivity index (χ4v) is 7.33. The van der Waals surface area contributed by atoms with Gasteiger partial charge in [0.2, 0.25) is 0 Å². The summed E-state index contributed by atoms with van der Waals surface area (Å²) in [5.74, 6) is -0.0912. The van der Waals surface area contributed by atoms with Gasteiger partial charge in [0.1, 0.15) is 13.2 Å². The van der Waals surface area contributed by atoms with Gasteiger partial charge < -0.3 is 14.2 Å². The lowest BCUT2D eigenvalue weighted by Gasteiger charge is -2.18. The fraction of sp³-hybridized carbons (Fsp3) is 0.939. The summed E-state index contributed by atoms with van der Waals surface area (Å²) in [5, 5.41) is 0. The number of carbonyl (C=O) groups is 3. The van der Waals surface area contributed by atoms with Crippen molar-refractivity contribution in [1.29, 1.82) is 0 Å². The lowest BCUT2D eigenvalue weighted by molar-refractivity contribution is -0.167. The molecule has 0 radical (unpaired) electrons. The molecule has 6 heteroatoms. The van der Waals surface area contributed by atoms with Crippen LogP contribution in [0.5, 0.6) is 0 Å². The van der Waals surface area contributed by atoms with E-state index in [1.54, 1.807) is 0 Å². The Morgan fingerprint density at radius 1 is 0.345 bits per heavy atom. The second-order valence-electron chi connectivity index (χ2n) is 17.2. The minimum absolute atomic E-state index is 0.0642. The normalized spacial score (nSPS) is 11.9. The van der Waals surface area contributed by atoms with Crippen molar-refractivity contribution in [2.24, 2.45) is 5.92 Å². The zero-order chi connectivity index (χ0) is 40.3. The maximum atomic E-state index is 12.7. The Kier molecular flexibility index (Phi) is 42.3. The third kappa shape index (κ3) is 43.4. The van der Waals surface area contributed by atoms with Gasteiger partial charge in [-0.2, -0.15) is 0 Å². The molecule has 1 atom stereocenters. The number of rotatable bonds is 44. The van der Waals surface area contributed by atoms with Crippen LogP contribution in [-0.4, -0.2) is 37.2 Å². The highest BCUT2D eigenvalue weighted by Gasteiger charge is 2.19. The minimum Gasteiger partial charge on any atom is -0.462 e. The first-order valence-electron chi connectivity index (χ1n) is 24.4. The predicted molar refractivity (Wildman–Crippen MR) is 233 cm³/mol. The summed E-state index contributed by atoms with van der Waals surface area (Å²) in [5.41, 5.74) is 0. The number of unbranched alkanes of at least 4 members (excludes halogenated alkanes) is 31. The third-order valence-corrected chi connectivity index (χ3v) is 11.0. The standard InChI is InChI=1S/C49H94O6/c1-5-7-9-11-13-15-17-18-19-20-21-22-24-26-28-34-38-42-49(52)55-46(44-54-48(51)41-37-33-30-29-31-35-39-45(3)4)43-53-47(50)40-36-32-27-25-23-16-14-12-10-8-6-2/h45-46H,5-44H2,1-4H3/t46-/m0/s1. The van der Waals surface area contributed by atoms with Crippen molar-refractivity contribution >= 4 is 17.9 Å². The molecule has 0 aromatic carbocycles. The molecule has 0 aromatic heterocycles. The van der Waals surface area contributed by atoms with Crippen LogP contribution in [0.2, 0.25) is 0 Å². The molecule has 0 aliphatic heterocycles. The van der Waals surface area contributed by atoms with Crippen molar-refractivity contribution in [3.05, 3.63) is 0 Å². The first kappa shape index (κ1) is 53.4. The summed E-state index contributed by atoms with van der Waals surface area (Å²) in [6.45, 7) is 8.94. The van der Waals surface area contributed by atoms with E-state index in [4.69, 9.17) is 14.2 Å². The second kappa shape index (κ2) is 43.5. The summed E-state index contributed by atoms with van der Waals surface area (Å²) in [7, 11) is 0. The highest BCUT2D eigenvalue weighted by molar-refractivity contribution is 5.71. The quantitative estimate of drug-likeness (QED) is 0.0348. The molecule has 6 nitrogen and oxygen atoms in total. The summed E-state index contributed by atoms with van der Waals surface area (Å²) < 4.78 is 16.7. The van der Waals surface area contributed by atoms with E-state index in [0.29, 0.717) is 19.3 Å². The molecule has 0 rings (SSSR count). The van der Waals surface area contributed by atoms with E-state index in [0.717, 1.165) is 63.7 Å². The van der Waals surface area contributed by atoms with Gasteiger partial charge in [-0.25, -0.2) is 0 Å². The molecule has 0 saturated carbocycles. The molecule has 0 spiro atoms. The lowest BCUT2D eigenvalue weighted by atomic mass is 10.0. The second-order valence-corrected chi connectivity index (χ2v) is 17.2. The molecule has 0 heterocycles. The molecule has 0 fully saturated rings. The van der Waals surface area contributed by atoms with Gasteiger partial charge in [0.05, 0.1) is 0 Å². The minimum atomic E-state index is -0.760. The molecular formula is C49H94O6. The molecule has 0 bridgehead atoms. The molecular weight excluding hydrogens is 685 g/mol. The summed E-state index contributed by atoms with van der Waals surface area (Å²) in [4.78, 5) is 37.7. The topological polar surface area (TPSA) is 78.9 Å². The van der Waals surface area contributed by atoms with Crippen LogP contribution in [0.15, 0.2) is 0 Å². The Morgan fingerprint density at radius 2 is 0.600 bits per heavy atom. The van der Waals surface area contributed by atoms with Crippen LogP contribution in [0.25, 0.3) is 0 Å². The number of hydrogen-bond donors (Lipinski definition) is 0. The van der Waals surface area contributed by atoms with Crippen molar-refractivity contribution in [2.45, 2.75) is 278 Å². The monoisotopic (exact) mass is 779 g/mol. The van der Waals surface area contributed by atoms with Crippen LogP contribution in [0, 0.1) is 5.92 Å². The van der Waals surface area contributed by atoms with Crippen LogP contribution in [-0.2, 0) is 28.6 Å².